The zero-order valence-corrected chi connectivity index (χ0v) is 11.2. The molecule has 0 aliphatic rings. The molecule has 3 rings (SSSR count). The largest absolute Gasteiger partial charge is 0.348 e. The molecule has 1 aromatic heterocycles. The van der Waals surface area contributed by atoms with Gasteiger partial charge in [-0.1, -0.05) is 42.5 Å². The number of hydrogen-bond donors (Lipinski definition) is 1. The van der Waals surface area contributed by atoms with E-state index in [1.165, 1.54) is 16.0 Å². The van der Waals surface area contributed by atoms with Crippen molar-refractivity contribution in [1.82, 2.24) is 9.97 Å². The van der Waals surface area contributed by atoms with Crippen LogP contribution in [0.4, 0.5) is 0 Å². The second-order valence-electron chi connectivity index (χ2n) is 4.26. The SMILES string of the molecule is c1ccc(-c2ccc(SCc3cnc[nH]3)cc2)cc1. The number of H-pyrrole nitrogens is 1. The summed E-state index contributed by atoms with van der Waals surface area (Å²) in [7, 11) is 0. The minimum Gasteiger partial charge on any atom is -0.348 e. The van der Waals surface area contributed by atoms with Crippen LogP contribution >= 0.6 is 11.8 Å². The maximum absolute atomic E-state index is 4.02. The summed E-state index contributed by atoms with van der Waals surface area (Å²) in [6, 6.07) is 19.1. The Balaban J connectivity index is 1.69. The molecule has 0 aliphatic heterocycles. The number of thioether (sulfide) groups is 1. The van der Waals surface area contributed by atoms with Crippen LogP contribution in [0.2, 0.25) is 0 Å². The molecule has 0 saturated carbocycles. The van der Waals surface area contributed by atoms with Crippen LogP contribution in [0.3, 0.4) is 0 Å². The van der Waals surface area contributed by atoms with Crippen LogP contribution in [-0.2, 0) is 5.75 Å². The average Bonchev–Trinajstić information content (AvgIpc) is 3.00. The van der Waals surface area contributed by atoms with E-state index in [1.807, 2.05) is 24.0 Å². The van der Waals surface area contributed by atoms with Crippen molar-refractivity contribution in [3.63, 3.8) is 0 Å². The Labute approximate surface area is 116 Å². The van der Waals surface area contributed by atoms with E-state index in [1.54, 1.807) is 6.33 Å². The van der Waals surface area contributed by atoms with Crippen LogP contribution in [0.1, 0.15) is 5.69 Å². The molecule has 1 heterocycles. The highest BCUT2D eigenvalue weighted by Crippen LogP contribution is 2.25. The van der Waals surface area contributed by atoms with Crippen LogP contribution in [0.5, 0.6) is 0 Å². The lowest BCUT2D eigenvalue weighted by atomic mass is 10.1. The van der Waals surface area contributed by atoms with Gasteiger partial charge in [-0.2, -0.15) is 0 Å². The average molecular weight is 266 g/mol. The summed E-state index contributed by atoms with van der Waals surface area (Å²) in [5, 5.41) is 0. The molecule has 94 valence electrons. The van der Waals surface area contributed by atoms with Crippen molar-refractivity contribution in [2.75, 3.05) is 0 Å². The summed E-state index contributed by atoms with van der Waals surface area (Å²) < 4.78 is 0. The molecule has 0 bridgehead atoms. The standard InChI is InChI=1S/C16H14N2S/c1-2-4-13(5-3-1)14-6-8-16(9-7-14)19-11-15-10-17-12-18-15/h1-10,12H,11H2,(H,17,18). The first-order valence-electron chi connectivity index (χ1n) is 6.17. The van der Waals surface area contributed by atoms with Gasteiger partial charge >= 0.3 is 0 Å². The minimum absolute atomic E-state index is 0.921. The summed E-state index contributed by atoms with van der Waals surface area (Å²) in [4.78, 5) is 8.40. The van der Waals surface area contributed by atoms with Crippen molar-refractivity contribution in [3.8, 4) is 11.1 Å². The third-order valence-corrected chi connectivity index (χ3v) is 3.97. The third kappa shape index (κ3) is 3.06. The van der Waals surface area contributed by atoms with Gasteiger partial charge in [0.15, 0.2) is 0 Å². The third-order valence-electron chi connectivity index (χ3n) is 2.91. The molecule has 0 saturated heterocycles. The van der Waals surface area contributed by atoms with Gasteiger partial charge in [-0.3, -0.25) is 0 Å². The topological polar surface area (TPSA) is 28.7 Å². The van der Waals surface area contributed by atoms with E-state index < -0.39 is 0 Å². The van der Waals surface area contributed by atoms with Crippen LogP contribution in [0.25, 0.3) is 11.1 Å². The van der Waals surface area contributed by atoms with E-state index in [0.717, 1.165) is 11.4 Å². The Morgan fingerprint density at radius 2 is 1.63 bits per heavy atom. The van der Waals surface area contributed by atoms with Crippen molar-refractivity contribution >= 4 is 11.8 Å². The van der Waals surface area contributed by atoms with Gasteiger partial charge in [-0.05, 0) is 23.3 Å². The van der Waals surface area contributed by atoms with Crippen LogP contribution < -0.4 is 0 Å². The fourth-order valence-corrected chi connectivity index (χ4v) is 2.71. The van der Waals surface area contributed by atoms with E-state index in [2.05, 4.69) is 58.5 Å². The van der Waals surface area contributed by atoms with Gasteiger partial charge in [0.1, 0.15) is 0 Å². The Kier molecular flexibility index (Phi) is 3.65. The summed E-state index contributed by atoms with van der Waals surface area (Å²) in [6.45, 7) is 0. The normalized spacial score (nSPS) is 10.5. The Bertz CT molecular complexity index is 616. The van der Waals surface area contributed by atoms with Crippen molar-refractivity contribution in [2.24, 2.45) is 0 Å². The Morgan fingerprint density at radius 1 is 0.895 bits per heavy atom. The Hall–Kier alpha value is -2.00. The number of aromatic nitrogens is 2. The summed E-state index contributed by atoms with van der Waals surface area (Å²) >= 11 is 1.81. The lowest BCUT2D eigenvalue weighted by Gasteiger charge is -2.04. The molecule has 0 radical (unpaired) electrons. The van der Waals surface area contributed by atoms with Crippen LogP contribution in [0, 0.1) is 0 Å². The predicted octanol–water partition coefficient (Wildman–Crippen LogP) is 4.37. The van der Waals surface area contributed by atoms with Gasteiger partial charge < -0.3 is 4.98 Å². The second kappa shape index (κ2) is 5.76. The molecule has 0 amide bonds. The van der Waals surface area contributed by atoms with Crippen molar-refractivity contribution < 1.29 is 0 Å². The zero-order chi connectivity index (χ0) is 12.9. The van der Waals surface area contributed by atoms with Gasteiger partial charge in [0, 0.05) is 22.5 Å². The van der Waals surface area contributed by atoms with Crippen molar-refractivity contribution in [3.05, 3.63) is 72.8 Å². The van der Waals surface area contributed by atoms with E-state index in [-0.39, 0.29) is 0 Å². The fourth-order valence-electron chi connectivity index (χ4n) is 1.90. The van der Waals surface area contributed by atoms with Gasteiger partial charge in [-0.15, -0.1) is 11.8 Å². The van der Waals surface area contributed by atoms with Gasteiger partial charge in [0.05, 0.1) is 6.33 Å². The predicted molar refractivity (Wildman–Crippen MR) is 80.0 cm³/mol. The maximum Gasteiger partial charge on any atom is 0.0921 e. The molecule has 0 spiro atoms. The first-order valence-corrected chi connectivity index (χ1v) is 7.16. The number of hydrogen-bond acceptors (Lipinski definition) is 2. The molecule has 0 fully saturated rings. The molecule has 19 heavy (non-hydrogen) atoms. The lowest BCUT2D eigenvalue weighted by Crippen LogP contribution is -1.80. The molecule has 1 N–H and O–H groups in total. The highest BCUT2D eigenvalue weighted by Gasteiger charge is 1.99. The summed E-state index contributed by atoms with van der Waals surface area (Å²) in [5.41, 5.74) is 3.66. The molecule has 3 heteroatoms. The summed E-state index contributed by atoms with van der Waals surface area (Å²) in [5.74, 6) is 0.921. The van der Waals surface area contributed by atoms with E-state index in [4.69, 9.17) is 0 Å². The molecule has 3 aromatic rings. The fraction of sp³-hybridized carbons (Fsp3) is 0.0625. The van der Waals surface area contributed by atoms with Gasteiger partial charge in [0.2, 0.25) is 0 Å². The number of benzene rings is 2. The Morgan fingerprint density at radius 3 is 2.32 bits per heavy atom. The highest BCUT2D eigenvalue weighted by atomic mass is 32.2. The van der Waals surface area contributed by atoms with Gasteiger partial charge in [0.25, 0.3) is 0 Å². The zero-order valence-electron chi connectivity index (χ0n) is 10.4. The molecule has 2 nitrogen and oxygen atoms in total. The van der Waals surface area contributed by atoms with E-state index in [0.29, 0.717) is 0 Å². The van der Waals surface area contributed by atoms with Crippen LogP contribution in [0.15, 0.2) is 72.0 Å². The van der Waals surface area contributed by atoms with Crippen molar-refractivity contribution in [2.45, 2.75) is 10.6 Å². The first kappa shape index (κ1) is 12.1. The second-order valence-corrected chi connectivity index (χ2v) is 5.30. The van der Waals surface area contributed by atoms with Gasteiger partial charge in [-0.25, -0.2) is 4.98 Å². The molecular formula is C16H14N2S. The summed E-state index contributed by atoms with van der Waals surface area (Å²) in [6.07, 6.45) is 3.58. The number of nitrogens with zero attached hydrogens (tertiary/aromatic N) is 1. The number of nitrogens with one attached hydrogen (secondary N) is 1. The van der Waals surface area contributed by atoms with E-state index >= 15 is 0 Å². The number of aromatic amines is 1. The van der Waals surface area contributed by atoms with E-state index in [9.17, 15) is 0 Å². The number of imidazole rings is 1. The highest BCUT2D eigenvalue weighted by molar-refractivity contribution is 7.98. The van der Waals surface area contributed by atoms with Crippen LogP contribution in [-0.4, -0.2) is 9.97 Å². The molecule has 2 aromatic carbocycles. The first-order chi connectivity index (χ1) is 9.42. The molecule has 0 atom stereocenters. The van der Waals surface area contributed by atoms with Crippen molar-refractivity contribution in [1.29, 1.82) is 0 Å². The molecular weight excluding hydrogens is 252 g/mol. The minimum atomic E-state index is 0.921. The lowest BCUT2D eigenvalue weighted by molar-refractivity contribution is 1.22. The smallest absolute Gasteiger partial charge is 0.0921 e. The molecule has 0 unspecified atom stereocenters. The quantitative estimate of drug-likeness (QED) is 0.710. The monoisotopic (exact) mass is 266 g/mol. The maximum atomic E-state index is 4.02. The molecule has 0 aliphatic carbocycles. The number of rotatable bonds is 4.